The van der Waals surface area contributed by atoms with E-state index in [0.717, 1.165) is 5.06 Å². The number of carbonyl (C=O) groups is 3. The van der Waals surface area contributed by atoms with Crippen molar-refractivity contribution in [2.45, 2.75) is 56.9 Å². The van der Waals surface area contributed by atoms with Crippen LogP contribution in [0.5, 0.6) is 0 Å². The van der Waals surface area contributed by atoms with Crippen LogP contribution in [0.4, 0.5) is 8.78 Å². The van der Waals surface area contributed by atoms with E-state index in [0.29, 0.717) is 0 Å². The Morgan fingerprint density at radius 1 is 1.27 bits per heavy atom. The van der Waals surface area contributed by atoms with Crippen molar-refractivity contribution < 1.29 is 42.6 Å². The molecule has 1 amide bonds. The molecule has 8 atom stereocenters. The molecule has 6 rings (SSSR count). The molecule has 37 heavy (non-hydrogen) atoms. The number of hydroxylamine groups is 2. The molecular weight excluding hydrogens is 488 g/mol. The SMILES string of the molecule is C[C@]12C=CC(=O)CC1=C(F)C[C@H]1[C@@H]3C[C@H]4CN(C(=O)c5ccco5)O[C@@]4(C(=O)CO)[C@@]3(C)C[C@H](O)[C@@]12F. The van der Waals surface area contributed by atoms with Gasteiger partial charge in [0, 0.05) is 35.5 Å². The number of furan rings is 1. The number of alkyl halides is 1. The molecule has 1 aromatic rings. The van der Waals surface area contributed by atoms with Crippen molar-refractivity contribution in [1.82, 2.24) is 5.06 Å². The summed E-state index contributed by atoms with van der Waals surface area (Å²) in [5, 5.41) is 22.5. The number of aliphatic hydroxyl groups is 2. The topological polar surface area (TPSA) is 117 Å². The van der Waals surface area contributed by atoms with Gasteiger partial charge in [0.15, 0.2) is 28.6 Å². The lowest BCUT2D eigenvalue weighted by molar-refractivity contribution is -0.252. The number of aliphatic hydroxyl groups excluding tert-OH is 2. The van der Waals surface area contributed by atoms with Gasteiger partial charge in [-0.3, -0.25) is 19.2 Å². The van der Waals surface area contributed by atoms with Crippen LogP contribution in [0.15, 0.2) is 46.4 Å². The Morgan fingerprint density at radius 2 is 2.03 bits per heavy atom. The van der Waals surface area contributed by atoms with Crippen LogP contribution in [0.1, 0.15) is 50.1 Å². The molecule has 1 saturated heterocycles. The number of amides is 1. The Balaban J connectivity index is 1.44. The lowest BCUT2D eigenvalue weighted by Gasteiger charge is -2.62. The zero-order chi connectivity index (χ0) is 26.5. The van der Waals surface area contributed by atoms with Crippen LogP contribution < -0.4 is 0 Å². The number of halogens is 2. The number of nitrogens with zero attached hydrogens (tertiary/aromatic N) is 1. The molecule has 4 aliphatic carbocycles. The summed E-state index contributed by atoms with van der Waals surface area (Å²) >= 11 is 0. The zero-order valence-electron chi connectivity index (χ0n) is 20.6. The summed E-state index contributed by atoms with van der Waals surface area (Å²) in [6.45, 7) is 2.35. The van der Waals surface area contributed by atoms with Crippen molar-refractivity contribution in [2.75, 3.05) is 13.2 Å². The Kier molecular flexibility index (Phi) is 5.11. The van der Waals surface area contributed by atoms with Gasteiger partial charge in [-0.2, -0.15) is 0 Å². The second-order valence-electron chi connectivity index (χ2n) is 11.6. The van der Waals surface area contributed by atoms with Gasteiger partial charge in [-0.25, -0.2) is 13.8 Å². The number of fused-ring (bicyclic) bond motifs is 7. The van der Waals surface area contributed by atoms with Crippen LogP contribution in [-0.2, 0) is 14.4 Å². The normalized spacial score (nSPS) is 44.4. The molecule has 3 fully saturated rings. The van der Waals surface area contributed by atoms with Gasteiger partial charge in [-0.05, 0) is 49.5 Å². The van der Waals surface area contributed by atoms with Gasteiger partial charge in [0.25, 0.3) is 0 Å². The molecule has 0 radical (unpaired) electrons. The molecule has 2 heterocycles. The third kappa shape index (κ3) is 2.78. The number of carbonyl (C=O) groups excluding carboxylic acids is 3. The van der Waals surface area contributed by atoms with Gasteiger partial charge in [0.1, 0.15) is 12.4 Å². The predicted molar refractivity (Wildman–Crippen MR) is 123 cm³/mol. The zero-order valence-corrected chi connectivity index (χ0v) is 20.6. The Hall–Kier alpha value is -2.69. The highest BCUT2D eigenvalue weighted by Crippen LogP contribution is 2.72. The van der Waals surface area contributed by atoms with Gasteiger partial charge in [0.2, 0.25) is 0 Å². The Bertz CT molecular complexity index is 1260. The molecule has 1 aliphatic heterocycles. The molecule has 0 bridgehead atoms. The van der Waals surface area contributed by atoms with Crippen LogP contribution in [0.25, 0.3) is 0 Å². The largest absolute Gasteiger partial charge is 0.459 e. The van der Waals surface area contributed by atoms with Gasteiger partial charge in [-0.15, -0.1) is 0 Å². The van der Waals surface area contributed by atoms with Gasteiger partial charge < -0.3 is 14.6 Å². The molecule has 0 aromatic carbocycles. The summed E-state index contributed by atoms with van der Waals surface area (Å²) in [6.07, 6.45) is 1.81. The van der Waals surface area contributed by atoms with E-state index in [9.17, 15) is 24.6 Å². The number of Topliss-reactive ketones (excluding diaryl/α,β-unsaturated/α-hetero) is 1. The summed E-state index contributed by atoms with van der Waals surface area (Å²) in [5.41, 5.74) is -6.67. The standard InChI is InChI=1S/C27H29F2NO7/c1-24-6-5-15(32)9-18(24)19(28)10-17-16-8-14-12-30(23(35)20-4-3-7-36-20)37-27(14,22(34)13-31)25(16,2)11-21(33)26(17,24)29/h3-7,14,16-17,21,31,33H,8-13H2,1-2H3/t14-,16-,17-,21-,24-,25-,26-,27-/m0/s1. The first-order chi connectivity index (χ1) is 17.4. The monoisotopic (exact) mass is 517 g/mol. The van der Waals surface area contributed by atoms with E-state index in [-0.39, 0.29) is 49.3 Å². The highest BCUT2D eigenvalue weighted by Gasteiger charge is 2.79. The van der Waals surface area contributed by atoms with Crippen molar-refractivity contribution in [3.8, 4) is 0 Å². The van der Waals surface area contributed by atoms with E-state index in [1.165, 1.54) is 31.4 Å². The summed E-state index contributed by atoms with van der Waals surface area (Å²) in [5.74, 6) is -4.36. The van der Waals surface area contributed by atoms with Crippen LogP contribution >= 0.6 is 0 Å². The maximum atomic E-state index is 17.3. The average Bonchev–Trinajstić information content (AvgIpc) is 3.58. The van der Waals surface area contributed by atoms with Crippen molar-refractivity contribution in [2.24, 2.45) is 28.6 Å². The van der Waals surface area contributed by atoms with Gasteiger partial charge in [0.05, 0.1) is 18.9 Å². The Morgan fingerprint density at radius 3 is 2.70 bits per heavy atom. The summed E-state index contributed by atoms with van der Waals surface area (Å²) < 4.78 is 38.1. The number of hydrogen-bond donors (Lipinski definition) is 2. The molecule has 0 unspecified atom stereocenters. The fraction of sp³-hybridized carbons (Fsp3) is 0.593. The average molecular weight is 518 g/mol. The van der Waals surface area contributed by atoms with E-state index in [1.807, 2.05) is 0 Å². The highest BCUT2D eigenvalue weighted by molar-refractivity contribution is 5.95. The second-order valence-corrected chi connectivity index (χ2v) is 11.6. The summed E-state index contributed by atoms with van der Waals surface area (Å²) in [7, 11) is 0. The lowest BCUT2D eigenvalue weighted by Crippen LogP contribution is -2.69. The predicted octanol–water partition coefficient (Wildman–Crippen LogP) is 2.86. The third-order valence-electron chi connectivity index (χ3n) is 10.2. The van der Waals surface area contributed by atoms with Crippen LogP contribution in [-0.4, -0.2) is 63.3 Å². The van der Waals surface area contributed by atoms with Gasteiger partial charge >= 0.3 is 5.91 Å². The molecule has 1 aromatic heterocycles. The van der Waals surface area contributed by atoms with Crippen molar-refractivity contribution in [3.63, 3.8) is 0 Å². The maximum Gasteiger partial charge on any atom is 0.313 e. The molecule has 0 spiro atoms. The highest BCUT2D eigenvalue weighted by atomic mass is 19.1. The minimum Gasteiger partial charge on any atom is -0.459 e. The first-order valence-electron chi connectivity index (χ1n) is 12.6. The molecule has 5 aliphatic rings. The van der Waals surface area contributed by atoms with E-state index < -0.39 is 70.1 Å². The van der Waals surface area contributed by atoms with Crippen molar-refractivity contribution in [1.29, 1.82) is 0 Å². The summed E-state index contributed by atoms with van der Waals surface area (Å²) in [6, 6.07) is 3.01. The number of hydrogen-bond acceptors (Lipinski definition) is 7. The number of rotatable bonds is 3. The number of allylic oxidation sites excluding steroid dienone is 4. The maximum absolute atomic E-state index is 17.3. The number of ketones is 2. The van der Waals surface area contributed by atoms with E-state index >= 15 is 8.78 Å². The minimum absolute atomic E-state index is 0.00525. The first-order valence-corrected chi connectivity index (χ1v) is 12.6. The second kappa shape index (κ2) is 7.68. The van der Waals surface area contributed by atoms with Crippen molar-refractivity contribution >= 4 is 17.5 Å². The molecule has 8 nitrogen and oxygen atoms in total. The molecule has 2 saturated carbocycles. The molecular formula is C27H29F2NO7. The fourth-order valence-electron chi connectivity index (χ4n) is 8.48. The molecule has 2 N–H and O–H groups in total. The van der Waals surface area contributed by atoms with E-state index in [2.05, 4.69) is 0 Å². The van der Waals surface area contributed by atoms with E-state index in [1.54, 1.807) is 13.0 Å². The minimum atomic E-state index is -2.29. The van der Waals surface area contributed by atoms with Gasteiger partial charge in [-0.1, -0.05) is 13.0 Å². The molecule has 198 valence electrons. The molecule has 10 heteroatoms. The quantitative estimate of drug-likeness (QED) is 0.633. The third-order valence-corrected chi connectivity index (χ3v) is 10.2. The smallest absolute Gasteiger partial charge is 0.313 e. The first kappa shape index (κ1) is 24.6. The Labute approximate surface area is 211 Å². The van der Waals surface area contributed by atoms with Crippen LogP contribution in [0, 0.1) is 28.6 Å². The summed E-state index contributed by atoms with van der Waals surface area (Å²) in [4.78, 5) is 44.6. The van der Waals surface area contributed by atoms with Crippen LogP contribution in [0.2, 0.25) is 0 Å². The van der Waals surface area contributed by atoms with Crippen molar-refractivity contribution in [3.05, 3.63) is 47.7 Å². The van der Waals surface area contributed by atoms with Crippen LogP contribution in [0.3, 0.4) is 0 Å². The lowest BCUT2D eigenvalue weighted by atomic mass is 9.45. The van der Waals surface area contributed by atoms with E-state index in [4.69, 9.17) is 9.25 Å². The fourth-order valence-corrected chi connectivity index (χ4v) is 8.48.